The van der Waals surface area contributed by atoms with Gasteiger partial charge < -0.3 is 11.1 Å². The van der Waals surface area contributed by atoms with E-state index in [9.17, 15) is 9.18 Å². The fourth-order valence-electron chi connectivity index (χ4n) is 1.29. The molecular weight excluding hydrogens is 243 g/mol. The van der Waals surface area contributed by atoms with Gasteiger partial charge in [0, 0.05) is 12.1 Å². The molecule has 94 valence electrons. The summed E-state index contributed by atoms with van der Waals surface area (Å²) in [5, 5.41) is 2.64. The van der Waals surface area contributed by atoms with E-state index in [1.807, 2.05) is 13.8 Å². The van der Waals surface area contributed by atoms with Crippen molar-refractivity contribution in [3.8, 4) is 0 Å². The Labute approximate surface area is 105 Å². The van der Waals surface area contributed by atoms with Crippen molar-refractivity contribution in [2.24, 2.45) is 11.1 Å². The molecule has 0 saturated heterocycles. The van der Waals surface area contributed by atoms with Gasteiger partial charge in [0.25, 0.3) is 0 Å². The number of nitrogens with two attached hydrogens (primary N) is 1. The molecule has 0 bridgehead atoms. The molecule has 0 aliphatic rings. The molecule has 1 rings (SSSR count). The minimum Gasteiger partial charge on any atom is -0.330 e. The zero-order valence-electron chi connectivity index (χ0n) is 9.89. The predicted molar refractivity (Wildman–Crippen MR) is 67.5 cm³/mol. The van der Waals surface area contributed by atoms with Gasteiger partial charge in [0.15, 0.2) is 0 Å². The highest BCUT2D eigenvalue weighted by Crippen LogP contribution is 2.22. The summed E-state index contributed by atoms with van der Waals surface area (Å²) in [6.07, 6.45) is 0.304. The van der Waals surface area contributed by atoms with E-state index in [2.05, 4.69) is 5.32 Å². The molecule has 1 aromatic carbocycles. The van der Waals surface area contributed by atoms with Crippen LogP contribution in [-0.2, 0) is 4.79 Å². The number of hydrogen-bond donors (Lipinski definition) is 2. The molecule has 0 unspecified atom stereocenters. The Morgan fingerprint density at radius 2 is 2.18 bits per heavy atom. The predicted octanol–water partition coefficient (Wildman–Crippen LogP) is 2.79. The summed E-state index contributed by atoms with van der Waals surface area (Å²) in [7, 11) is 0. The van der Waals surface area contributed by atoms with Gasteiger partial charge >= 0.3 is 0 Å². The maximum atomic E-state index is 12.9. The molecule has 0 aliphatic carbocycles. The molecule has 5 heteroatoms. The van der Waals surface area contributed by atoms with Crippen molar-refractivity contribution < 1.29 is 9.18 Å². The number of carbonyl (C=O) groups excluding carboxylic acids is 1. The Kier molecular flexibility index (Phi) is 4.48. The van der Waals surface area contributed by atoms with Crippen molar-refractivity contribution in [2.75, 3.05) is 11.9 Å². The first-order valence-corrected chi connectivity index (χ1v) is 5.67. The summed E-state index contributed by atoms with van der Waals surface area (Å²) in [5.74, 6) is -0.671. The highest BCUT2D eigenvalue weighted by Gasteiger charge is 2.20. The molecule has 0 spiro atoms. The van der Waals surface area contributed by atoms with E-state index in [-0.39, 0.29) is 16.3 Å². The third kappa shape index (κ3) is 4.32. The number of rotatable bonds is 4. The highest BCUT2D eigenvalue weighted by atomic mass is 35.5. The Hall–Kier alpha value is -1.13. The van der Waals surface area contributed by atoms with Gasteiger partial charge in [-0.05, 0) is 30.2 Å². The third-order valence-electron chi connectivity index (χ3n) is 2.40. The smallest absolute Gasteiger partial charge is 0.224 e. The maximum Gasteiger partial charge on any atom is 0.224 e. The van der Waals surface area contributed by atoms with Crippen LogP contribution in [0.2, 0.25) is 5.02 Å². The summed E-state index contributed by atoms with van der Waals surface area (Å²) >= 11 is 5.61. The zero-order valence-corrected chi connectivity index (χ0v) is 10.6. The normalized spacial score (nSPS) is 11.4. The largest absolute Gasteiger partial charge is 0.330 e. The lowest BCUT2D eigenvalue weighted by atomic mass is 9.89. The number of amides is 1. The van der Waals surface area contributed by atoms with Gasteiger partial charge in [0.05, 0.1) is 5.02 Å². The van der Waals surface area contributed by atoms with Crippen LogP contribution in [0, 0.1) is 11.2 Å². The quantitative estimate of drug-likeness (QED) is 0.873. The van der Waals surface area contributed by atoms with Crippen LogP contribution < -0.4 is 11.1 Å². The van der Waals surface area contributed by atoms with Crippen LogP contribution in [0.15, 0.2) is 18.2 Å². The molecule has 17 heavy (non-hydrogen) atoms. The van der Waals surface area contributed by atoms with E-state index in [0.29, 0.717) is 18.7 Å². The number of anilines is 1. The monoisotopic (exact) mass is 258 g/mol. The molecular formula is C12H16ClFN2O. The Bertz CT molecular complexity index is 421. The fourth-order valence-corrected chi connectivity index (χ4v) is 1.47. The second-order valence-electron chi connectivity index (χ2n) is 4.72. The van der Waals surface area contributed by atoms with E-state index in [1.54, 1.807) is 0 Å². The van der Waals surface area contributed by atoms with Crippen molar-refractivity contribution in [3.63, 3.8) is 0 Å². The van der Waals surface area contributed by atoms with Gasteiger partial charge in [-0.25, -0.2) is 4.39 Å². The molecule has 0 aromatic heterocycles. The van der Waals surface area contributed by atoms with E-state index >= 15 is 0 Å². The lowest BCUT2D eigenvalue weighted by molar-refractivity contribution is -0.117. The van der Waals surface area contributed by atoms with Crippen LogP contribution in [0.5, 0.6) is 0 Å². The summed E-state index contributed by atoms with van der Waals surface area (Å²) in [6, 6.07) is 4.06. The van der Waals surface area contributed by atoms with E-state index in [1.165, 1.54) is 18.2 Å². The Morgan fingerprint density at radius 1 is 1.53 bits per heavy atom. The minimum absolute atomic E-state index is 0.0131. The molecule has 0 radical (unpaired) electrons. The van der Waals surface area contributed by atoms with Gasteiger partial charge in [-0.3, -0.25) is 4.79 Å². The first-order chi connectivity index (χ1) is 7.84. The highest BCUT2D eigenvalue weighted by molar-refractivity contribution is 6.31. The number of benzene rings is 1. The molecule has 3 N–H and O–H groups in total. The summed E-state index contributed by atoms with van der Waals surface area (Å²) in [5.41, 5.74) is 5.77. The molecule has 1 aromatic rings. The first kappa shape index (κ1) is 13.9. The number of hydrogen-bond acceptors (Lipinski definition) is 2. The van der Waals surface area contributed by atoms with Gasteiger partial charge in [-0.2, -0.15) is 0 Å². The van der Waals surface area contributed by atoms with Crippen LogP contribution in [0.3, 0.4) is 0 Å². The third-order valence-corrected chi connectivity index (χ3v) is 2.68. The molecule has 0 atom stereocenters. The number of carbonyl (C=O) groups is 1. The van der Waals surface area contributed by atoms with Crippen molar-refractivity contribution in [3.05, 3.63) is 29.0 Å². The topological polar surface area (TPSA) is 55.1 Å². The standard InChI is InChI=1S/C12H16ClFN2O/c1-12(2,7-15)6-11(17)16-8-3-4-10(14)9(13)5-8/h3-5H,6-7,15H2,1-2H3,(H,16,17). The summed E-state index contributed by atoms with van der Waals surface area (Å²) in [6.45, 7) is 4.24. The second-order valence-corrected chi connectivity index (χ2v) is 5.13. The molecule has 1 amide bonds. The average Bonchev–Trinajstić information content (AvgIpc) is 2.23. The number of halogens is 2. The van der Waals surface area contributed by atoms with Crippen molar-refractivity contribution in [2.45, 2.75) is 20.3 Å². The van der Waals surface area contributed by atoms with Crippen LogP contribution in [0.4, 0.5) is 10.1 Å². The lowest BCUT2D eigenvalue weighted by Crippen LogP contribution is -2.29. The van der Waals surface area contributed by atoms with E-state index in [4.69, 9.17) is 17.3 Å². The molecule has 0 fully saturated rings. The van der Waals surface area contributed by atoms with Crippen LogP contribution in [0.1, 0.15) is 20.3 Å². The maximum absolute atomic E-state index is 12.9. The molecule has 0 aliphatic heterocycles. The van der Waals surface area contributed by atoms with E-state index < -0.39 is 5.82 Å². The Morgan fingerprint density at radius 3 is 2.71 bits per heavy atom. The van der Waals surface area contributed by atoms with E-state index in [0.717, 1.165) is 0 Å². The van der Waals surface area contributed by atoms with Crippen molar-refractivity contribution >= 4 is 23.2 Å². The molecule has 0 saturated carbocycles. The zero-order chi connectivity index (χ0) is 13.1. The molecule has 3 nitrogen and oxygen atoms in total. The first-order valence-electron chi connectivity index (χ1n) is 5.29. The summed E-state index contributed by atoms with van der Waals surface area (Å²) < 4.78 is 12.9. The number of nitrogens with one attached hydrogen (secondary N) is 1. The summed E-state index contributed by atoms with van der Waals surface area (Å²) in [4.78, 5) is 11.7. The molecule has 0 heterocycles. The van der Waals surface area contributed by atoms with Gasteiger partial charge in [0.1, 0.15) is 5.82 Å². The van der Waals surface area contributed by atoms with Crippen LogP contribution >= 0.6 is 11.6 Å². The van der Waals surface area contributed by atoms with Crippen LogP contribution in [0.25, 0.3) is 0 Å². The van der Waals surface area contributed by atoms with Gasteiger partial charge in [-0.1, -0.05) is 25.4 Å². The average molecular weight is 259 g/mol. The Balaban J connectivity index is 2.65. The van der Waals surface area contributed by atoms with Gasteiger partial charge in [0.2, 0.25) is 5.91 Å². The second kappa shape index (κ2) is 5.47. The van der Waals surface area contributed by atoms with Crippen LogP contribution in [-0.4, -0.2) is 12.5 Å². The van der Waals surface area contributed by atoms with Crippen molar-refractivity contribution in [1.82, 2.24) is 0 Å². The fraction of sp³-hybridized carbons (Fsp3) is 0.417. The van der Waals surface area contributed by atoms with Gasteiger partial charge in [-0.15, -0.1) is 0 Å². The van der Waals surface area contributed by atoms with Crippen molar-refractivity contribution in [1.29, 1.82) is 0 Å². The lowest BCUT2D eigenvalue weighted by Gasteiger charge is -2.21. The SMILES string of the molecule is CC(C)(CN)CC(=O)Nc1ccc(F)c(Cl)c1. The minimum atomic E-state index is -0.507.